The Morgan fingerprint density at radius 3 is 2.94 bits per heavy atom. The first kappa shape index (κ1) is 13.0. The number of hydrogen-bond donors (Lipinski definition) is 1. The molecule has 0 saturated heterocycles. The first-order valence-electron chi connectivity index (χ1n) is 5.09. The van der Waals surface area contributed by atoms with Gasteiger partial charge in [0.15, 0.2) is 0 Å². The summed E-state index contributed by atoms with van der Waals surface area (Å²) in [7, 11) is 0. The Hall–Kier alpha value is -1.05. The van der Waals surface area contributed by atoms with Crippen LogP contribution in [0.4, 0.5) is 4.39 Å². The molecule has 86 valence electrons. The third-order valence-corrected chi connectivity index (χ3v) is 3.54. The lowest BCUT2D eigenvalue weighted by molar-refractivity contribution is 0.289. The maximum atomic E-state index is 13.6. The number of nitrogens with zero attached hydrogens (tertiary/aromatic N) is 1. The highest BCUT2D eigenvalue weighted by atomic mass is 32.2. The van der Waals surface area contributed by atoms with Gasteiger partial charge in [0.2, 0.25) is 0 Å². The molecule has 0 aliphatic heterocycles. The van der Waals surface area contributed by atoms with Crippen molar-refractivity contribution in [3.63, 3.8) is 0 Å². The molecular weight excluding hydrogens is 225 g/mol. The summed E-state index contributed by atoms with van der Waals surface area (Å²) in [5.41, 5.74) is 0.641. The molecule has 2 nitrogen and oxygen atoms in total. The zero-order valence-corrected chi connectivity index (χ0v) is 9.93. The van der Waals surface area contributed by atoms with E-state index in [1.165, 1.54) is 6.07 Å². The first-order chi connectivity index (χ1) is 7.69. The van der Waals surface area contributed by atoms with Gasteiger partial charge in [-0.2, -0.15) is 17.0 Å². The molecule has 1 N–H and O–H groups in total. The molecular formula is C12H14FNOS. The molecule has 1 aromatic rings. The van der Waals surface area contributed by atoms with Gasteiger partial charge in [0, 0.05) is 17.6 Å². The highest BCUT2D eigenvalue weighted by molar-refractivity contribution is 7.99. The summed E-state index contributed by atoms with van der Waals surface area (Å²) in [6.07, 6.45) is 0.699. The second-order valence-electron chi connectivity index (χ2n) is 3.52. The molecule has 0 heterocycles. The number of rotatable bonds is 5. The van der Waals surface area contributed by atoms with Gasteiger partial charge in [0.05, 0.1) is 5.56 Å². The molecule has 1 atom stereocenters. The number of aliphatic hydroxyl groups is 1. The van der Waals surface area contributed by atoms with Crippen LogP contribution in [0.5, 0.6) is 0 Å². The van der Waals surface area contributed by atoms with E-state index in [2.05, 4.69) is 0 Å². The van der Waals surface area contributed by atoms with Gasteiger partial charge in [-0.3, -0.25) is 0 Å². The average molecular weight is 239 g/mol. The van der Waals surface area contributed by atoms with E-state index < -0.39 is 5.82 Å². The molecule has 0 amide bonds. The minimum atomic E-state index is -0.423. The lowest BCUT2D eigenvalue weighted by Gasteiger charge is -2.10. The van der Waals surface area contributed by atoms with E-state index in [1.807, 2.05) is 13.0 Å². The van der Waals surface area contributed by atoms with Crippen LogP contribution in [0.2, 0.25) is 0 Å². The Morgan fingerprint density at radius 1 is 1.56 bits per heavy atom. The van der Waals surface area contributed by atoms with Gasteiger partial charge in [-0.05, 0) is 18.1 Å². The second-order valence-corrected chi connectivity index (χ2v) is 4.95. The Balaban J connectivity index is 2.64. The molecule has 0 aliphatic rings. The standard InChI is InChI=1S/C12H14FNOS/c1-9(5-6-15)16-8-11-4-2-3-10(7-14)12(11)13/h2-4,9,15H,5-6,8H2,1H3. The number of hydrogen-bond acceptors (Lipinski definition) is 3. The topological polar surface area (TPSA) is 44.0 Å². The molecule has 0 aromatic heterocycles. The zero-order valence-electron chi connectivity index (χ0n) is 9.11. The molecule has 4 heteroatoms. The Labute approximate surface area is 99.1 Å². The monoisotopic (exact) mass is 239 g/mol. The predicted octanol–water partition coefficient (Wildman–Crippen LogP) is 2.70. The van der Waals surface area contributed by atoms with Crippen LogP contribution in [0.3, 0.4) is 0 Å². The zero-order chi connectivity index (χ0) is 12.0. The number of nitriles is 1. The Kier molecular flexibility index (Phi) is 5.30. The van der Waals surface area contributed by atoms with E-state index in [1.54, 1.807) is 23.9 Å². The molecule has 0 radical (unpaired) electrons. The number of aliphatic hydroxyl groups excluding tert-OH is 1. The van der Waals surface area contributed by atoms with E-state index in [4.69, 9.17) is 10.4 Å². The highest BCUT2D eigenvalue weighted by Crippen LogP contribution is 2.22. The molecule has 0 spiro atoms. The third-order valence-electron chi connectivity index (χ3n) is 2.26. The van der Waals surface area contributed by atoms with Crippen molar-refractivity contribution in [1.82, 2.24) is 0 Å². The summed E-state index contributed by atoms with van der Waals surface area (Å²) < 4.78 is 13.6. The Morgan fingerprint density at radius 2 is 2.31 bits per heavy atom. The molecule has 1 rings (SSSR count). The minimum Gasteiger partial charge on any atom is -0.396 e. The first-order valence-corrected chi connectivity index (χ1v) is 6.14. The molecule has 1 unspecified atom stereocenters. The van der Waals surface area contributed by atoms with Crippen LogP contribution in [0.15, 0.2) is 18.2 Å². The van der Waals surface area contributed by atoms with Crippen molar-refractivity contribution in [1.29, 1.82) is 5.26 Å². The van der Waals surface area contributed by atoms with Gasteiger partial charge in [0.25, 0.3) is 0 Å². The van der Waals surface area contributed by atoms with Crippen LogP contribution < -0.4 is 0 Å². The van der Waals surface area contributed by atoms with Crippen molar-refractivity contribution in [2.45, 2.75) is 24.3 Å². The fourth-order valence-corrected chi connectivity index (χ4v) is 2.23. The number of benzene rings is 1. The smallest absolute Gasteiger partial charge is 0.144 e. The third kappa shape index (κ3) is 3.51. The fourth-order valence-electron chi connectivity index (χ4n) is 1.27. The lowest BCUT2D eigenvalue weighted by Crippen LogP contribution is -2.01. The van der Waals surface area contributed by atoms with E-state index in [-0.39, 0.29) is 17.4 Å². The van der Waals surface area contributed by atoms with E-state index in [0.717, 1.165) is 0 Å². The average Bonchev–Trinajstić information content (AvgIpc) is 2.28. The summed E-state index contributed by atoms with van der Waals surface area (Å²) in [5, 5.41) is 17.7. The lowest BCUT2D eigenvalue weighted by atomic mass is 10.1. The van der Waals surface area contributed by atoms with Crippen molar-refractivity contribution < 1.29 is 9.50 Å². The maximum Gasteiger partial charge on any atom is 0.144 e. The van der Waals surface area contributed by atoms with Crippen molar-refractivity contribution >= 4 is 11.8 Å². The van der Waals surface area contributed by atoms with Crippen LogP contribution in [-0.2, 0) is 5.75 Å². The largest absolute Gasteiger partial charge is 0.396 e. The maximum absolute atomic E-state index is 13.6. The van der Waals surface area contributed by atoms with Crippen LogP contribution in [0.25, 0.3) is 0 Å². The predicted molar refractivity (Wildman–Crippen MR) is 63.6 cm³/mol. The summed E-state index contributed by atoms with van der Waals surface area (Å²) in [6, 6.07) is 6.68. The summed E-state index contributed by atoms with van der Waals surface area (Å²) in [4.78, 5) is 0. The number of thioether (sulfide) groups is 1. The molecule has 0 fully saturated rings. The molecule has 0 saturated carbocycles. The normalized spacial score (nSPS) is 12.1. The van der Waals surface area contributed by atoms with Crippen molar-refractivity contribution in [3.05, 3.63) is 35.1 Å². The van der Waals surface area contributed by atoms with Crippen LogP contribution >= 0.6 is 11.8 Å². The summed E-state index contributed by atoms with van der Waals surface area (Å²) in [6.45, 7) is 2.14. The molecule has 1 aromatic carbocycles. The summed E-state index contributed by atoms with van der Waals surface area (Å²) in [5.74, 6) is 0.108. The second kappa shape index (κ2) is 6.51. The quantitative estimate of drug-likeness (QED) is 0.859. The van der Waals surface area contributed by atoms with E-state index in [0.29, 0.717) is 17.7 Å². The van der Waals surface area contributed by atoms with Gasteiger partial charge in [0.1, 0.15) is 11.9 Å². The SMILES string of the molecule is CC(CCO)SCc1cccc(C#N)c1F. The van der Waals surface area contributed by atoms with Crippen LogP contribution in [0, 0.1) is 17.1 Å². The van der Waals surface area contributed by atoms with Crippen LogP contribution in [-0.4, -0.2) is 17.0 Å². The van der Waals surface area contributed by atoms with E-state index >= 15 is 0 Å². The molecule has 0 aliphatic carbocycles. The fraction of sp³-hybridized carbons (Fsp3) is 0.417. The van der Waals surface area contributed by atoms with Gasteiger partial charge in [-0.25, -0.2) is 4.39 Å². The van der Waals surface area contributed by atoms with Crippen molar-refractivity contribution in [2.75, 3.05) is 6.61 Å². The highest BCUT2D eigenvalue weighted by Gasteiger charge is 2.09. The van der Waals surface area contributed by atoms with Gasteiger partial charge in [-0.15, -0.1) is 0 Å². The molecule has 16 heavy (non-hydrogen) atoms. The Bertz CT molecular complexity index is 389. The van der Waals surface area contributed by atoms with Gasteiger partial charge < -0.3 is 5.11 Å². The minimum absolute atomic E-state index is 0.0907. The van der Waals surface area contributed by atoms with E-state index in [9.17, 15) is 4.39 Å². The van der Waals surface area contributed by atoms with Crippen molar-refractivity contribution in [2.24, 2.45) is 0 Å². The summed E-state index contributed by atoms with van der Waals surface area (Å²) >= 11 is 1.58. The van der Waals surface area contributed by atoms with Crippen LogP contribution in [0.1, 0.15) is 24.5 Å². The van der Waals surface area contributed by atoms with Gasteiger partial charge in [-0.1, -0.05) is 19.1 Å². The molecule has 0 bridgehead atoms. The van der Waals surface area contributed by atoms with Gasteiger partial charge >= 0.3 is 0 Å². The van der Waals surface area contributed by atoms with Crippen molar-refractivity contribution in [3.8, 4) is 6.07 Å². The number of halogens is 1.